The maximum atomic E-state index is 12.5. The van der Waals surface area contributed by atoms with Crippen LogP contribution in [0.4, 0.5) is 0 Å². The number of nitrogens with zero attached hydrogens (tertiary/aromatic N) is 2. The Labute approximate surface area is 133 Å². The van der Waals surface area contributed by atoms with Crippen LogP contribution < -0.4 is 0 Å². The van der Waals surface area contributed by atoms with Gasteiger partial charge in [0.2, 0.25) is 11.7 Å². The van der Waals surface area contributed by atoms with E-state index in [0.717, 1.165) is 10.9 Å². The number of sulfone groups is 1. The molecule has 0 atom stereocenters. The molecule has 0 saturated heterocycles. The summed E-state index contributed by atoms with van der Waals surface area (Å²) in [5, 5.41) is 13.7. The van der Waals surface area contributed by atoms with E-state index in [1.54, 1.807) is 6.92 Å². The van der Waals surface area contributed by atoms with Crippen molar-refractivity contribution in [2.24, 2.45) is 7.05 Å². The Morgan fingerprint density at radius 3 is 2.45 bits per heavy atom. The summed E-state index contributed by atoms with van der Waals surface area (Å²) in [6.07, 6.45) is 2.69. The molecule has 6 nitrogen and oxygen atoms in total. The van der Waals surface area contributed by atoms with Gasteiger partial charge in [-0.3, -0.25) is 4.79 Å². The number of hydrogen-bond donors (Lipinski definition) is 1. The SMILES string of the molecule is CCc1c(S(C)(=O)=O)ccc(C(=O)c2cnn(C)c2O)c1Cl. The van der Waals surface area contributed by atoms with Crippen molar-refractivity contribution in [2.45, 2.75) is 18.2 Å². The van der Waals surface area contributed by atoms with Gasteiger partial charge in [-0.05, 0) is 24.1 Å². The highest BCUT2D eigenvalue weighted by Gasteiger charge is 2.24. The molecule has 2 aromatic rings. The third-order valence-electron chi connectivity index (χ3n) is 3.35. The number of aryl methyl sites for hydroxylation is 1. The van der Waals surface area contributed by atoms with Gasteiger partial charge in [-0.2, -0.15) is 5.10 Å². The zero-order chi connectivity index (χ0) is 16.7. The molecule has 2 rings (SSSR count). The monoisotopic (exact) mass is 342 g/mol. The highest BCUT2D eigenvalue weighted by Crippen LogP contribution is 2.31. The van der Waals surface area contributed by atoms with Crippen molar-refractivity contribution in [3.8, 4) is 5.88 Å². The van der Waals surface area contributed by atoms with Gasteiger partial charge in [0.25, 0.3) is 0 Å². The minimum Gasteiger partial charge on any atom is -0.493 e. The highest BCUT2D eigenvalue weighted by atomic mass is 35.5. The molecule has 1 N–H and O–H groups in total. The van der Waals surface area contributed by atoms with Crippen molar-refractivity contribution >= 4 is 27.2 Å². The highest BCUT2D eigenvalue weighted by molar-refractivity contribution is 7.90. The lowest BCUT2D eigenvalue weighted by Crippen LogP contribution is -2.08. The third-order valence-corrected chi connectivity index (χ3v) is 4.96. The fraction of sp³-hybridized carbons (Fsp3) is 0.286. The van der Waals surface area contributed by atoms with Crippen LogP contribution in [-0.2, 0) is 23.3 Å². The lowest BCUT2D eigenvalue weighted by Gasteiger charge is -2.11. The second kappa shape index (κ2) is 5.73. The first-order chi connectivity index (χ1) is 10.2. The predicted molar refractivity (Wildman–Crippen MR) is 82.2 cm³/mol. The number of halogens is 1. The van der Waals surface area contributed by atoms with Crippen LogP contribution in [0, 0.1) is 0 Å². The fourth-order valence-corrected chi connectivity index (χ4v) is 3.64. The standard InChI is InChI=1S/C14H15ClN2O4S/c1-4-8-11(22(3,20)21)6-5-9(12(8)15)13(18)10-7-16-17(2)14(10)19/h5-7,19H,4H2,1-3H3. The summed E-state index contributed by atoms with van der Waals surface area (Å²) in [5.74, 6) is -0.781. The molecule has 1 heterocycles. The number of aromatic nitrogens is 2. The second-order valence-corrected chi connectivity index (χ2v) is 7.23. The quantitative estimate of drug-likeness (QED) is 0.858. The van der Waals surface area contributed by atoms with E-state index < -0.39 is 15.6 Å². The minimum absolute atomic E-state index is 0.0126. The van der Waals surface area contributed by atoms with Crippen molar-refractivity contribution < 1.29 is 18.3 Å². The predicted octanol–water partition coefficient (Wildman–Crippen LogP) is 1.98. The van der Waals surface area contributed by atoms with Crippen molar-refractivity contribution in [1.29, 1.82) is 0 Å². The Balaban J connectivity index is 2.63. The van der Waals surface area contributed by atoms with E-state index in [1.165, 1.54) is 25.4 Å². The first-order valence-electron chi connectivity index (χ1n) is 6.45. The maximum Gasteiger partial charge on any atom is 0.220 e. The van der Waals surface area contributed by atoms with E-state index in [4.69, 9.17) is 11.6 Å². The topological polar surface area (TPSA) is 89.3 Å². The number of carbonyl (C=O) groups is 1. The van der Waals surface area contributed by atoms with Gasteiger partial charge in [0.1, 0.15) is 5.56 Å². The molecular formula is C14H15ClN2O4S. The largest absolute Gasteiger partial charge is 0.493 e. The fourth-order valence-electron chi connectivity index (χ4n) is 2.19. The zero-order valence-corrected chi connectivity index (χ0v) is 13.9. The van der Waals surface area contributed by atoms with Crippen LogP contribution in [-0.4, -0.2) is 35.3 Å². The molecule has 0 bridgehead atoms. The molecule has 0 unspecified atom stereocenters. The first-order valence-corrected chi connectivity index (χ1v) is 8.72. The van der Waals surface area contributed by atoms with Crippen LogP contribution in [0.25, 0.3) is 0 Å². The Kier molecular flexibility index (Phi) is 4.30. The Hall–Kier alpha value is -1.86. The third kappa shape index (κ3) is 2.74. The van der Waals surface area contributed by atoms with E-state index in [0.29, 0.717) is 12.0 Å². The molecule has 1 aromatic heterocycles. The molecule has 0 radical (unpaired) electrons. The van der Waals surface area contributed by atoms with Crippen LogP contribution >= 0.6 is 11.6 Å². The summed E-state index contributed by atoms with van der Waals surface area (Å²) in [5.41, 5.74) is 0.533. The van der Waals surface area contributed by atoms with Crippen LogP contribution in [0.5, 0.6) is 5.88 Å². The summed E-state index contributed by atoms with van der Waals surface area (Å²) >= 11 is 6.23. The number of aromatic hydroxyl groups is 1. The van der Waals surface area contributed by atoms with E-state index >= 15 is 0 Å². The van der Waals surface area contributed by atoms with E-state index in [2.05, 4.69) is 5.10 Å². The van der Waals surface area contributed by atoms with Crippen molar-refractivity contribution in [3.63, 3.8) is 0 Å². The summed E-state index contributed by atoms with van der Waals surface area (Å²) < 4.78 is 24.7. The van der Waals surface area contributed by atoms with Gasteiger partial charge in [0.05, 0.1) is 16.1 Å². The van der Waals surface area contributed by atoms with Crippen molar-refractivity contribution in [2.75, 3.05) is 6.26 Å². The number of rotatable bonds is 4. The average Bonchev–Trinajstić information content (AvgIpc) is 2.77. The molecule has 0 saturated carbocycles. The number of ketones is 1. The molecule has 0 spiro atoms. The van der Waals surface area contributed by atoms with Crippen LogP contribution in [0.1, 0.15) is 28.4 Å². The van der Waals surface area contributed by atoms with Crippen LogP contribution in [0.15, 0.2) is 23.2 Å². The lowest BCUT2D eigenvalue weighted by molar-refractivity contribution is 0.103. The normalized spacial score (nSPS) is 11.6. The molecule has 0 aliphatic heterocycles. The Bertz CT molecular complexity index is 856. The van der Waals surface area contributed by atoms with Crippen LogP contribution in [0.2, 0.25) is 5.02 Å². The molecule has 0 amide bonds. The molecule has 22 heavy (non-hydrogen) atoms. The molecular weight excluding hydrogens is 328 g/mol. The Morgan fingerprint density at radius 2 is 2.00 bits per heavy atom. The maximum absolute atomic E-state index is 12.5. The minimum atomic E-state index is -3.44. The van der Waals surface area contributed by atoms with Crippen LogP contribution in [0.3, 0.4) is 0 Å². The molecule has 0 aliphatic carbocycles. The summed E-state index contributed by atoms with van der Waals surface area (Å²) in [7, 11) is -1.94. The van der Waals surface area contributed by atoms with Gasteiger partial charge in [-0.25, -0.2) is 13.1 Å². The number of carbonyl (C=O) groups excluding carboxylic acids is 1. The van der Waals surface area contributed by atoms with E-state index in [-0.39, 0.29) is 26.9 Å². The van der Waals surface area contributed by atoms with Gasteiger partial charge >= 0.3 is 0 Å². The smallest absolute Gasteiger partial charge is 0.220 e. The van der Waals surface area contributed by atoms with E-state index in [1.807, 2.05) is 0 Å². The van der Waals surface area contributed by atoms with Gasteiger partial charge in [0, 0.05) is 18.9 Å². The van der Waals surface area contributed by atoms with Gasteiger partial charge in [-0.15, -0.1) is 0 Å². The lowest BCUT2D eigenvalue weighted by atomic mass is 10.0. The van der Waals surface area contributed by atoms with E-state index in [9.17, 15) is 18.3 Å². The van der Waals surface area contributed by atoms with Gasteiger partial charge in [-0.1, -0.05) is 18.5 Å². The van der Waals surface area contributed by atoms with Crippen molar-refractivity contribution in [1.82, 2.24) is 9.78 Å². The summed E-state index contributed by atoms with van der Waals surface area (Å²) in [6.45, 7) is 1.76. The van der Waals surface area contributed by atoms with Gasteiger partial charge in [0.15, 0.2) is 9.84 Å². The molecule has 0 fully saturated rings. The molecule has 1 aromatic carbocycles. The van der Waals surface area contributed by atoms with Gasteiger partial charge < -0.3 is 5.11 Å². The molecule has 8 heteroatoms. The number of benzene rings is 1. The summed E-state index contributed by atoms with van der Waals surface area (Å²) in [4.78, 5) is 12.6. The van der Waals surface area contributed by atoms with Crippen molar-refractivity contribution in [3.05, 3.63) is 40.0 Å². The molecule has 0 aliphatic rings. The second-order valence-electron chi connectivity index (χ2n) is 4.86. The number of hydrogen-bond acceptors (Lipinski definition) is 5. The Morgan fingerprint density at radius 1 is 1.36 bits per heavy atom. The first kappa shape index (κ1) is 16.5. The zero-order valence-electron chi connectivity index (χ0n) is 12.3. The summed E-state index contributed by atoms with van der Waals surface area (Å²) in [6, 6.07) is 2.72. The molecule has 118 valence electrons. The average molecular weight is 343 g/mol.